The minimum absolute atomic E-state index is 0.0472. The molecule has 0 saturated heterocycles. The van der Waals surface area contributed by atoms with E-state index >= 15 is 0 Å². The van der Waals surface area contributed by atoms with Crippen LogP contribution in [0.25, 0.3) is 10.9 Å². The lowest BCUT2D eigenvalue weighted by Gasteiger charge is -2.15. The predicted octanol–water partition coefficient (Wildman–Crippen LogP) is 3.39. The van der Waals surface area contributed by atoms with Crippen molar-refractivity contribution in [2.75, 3.05) is 11.9 Å². The summed E-state index contributed by atoms with van der Waals surface area (Å²) in [7, 11) is 1.83. The summed E-state index contributed by atoms with van der Waals surface area (Å²) in [6, 6.07) is 9.80. The van der Waals surface area contributed by atoms with Crippen LogP contribution in [0, 0.1) is 11.8 Å². The lowest BCUT2D eigenvalue weighted by atomic mass is 10.1. The van der Waals surface area contributed by atoms with Crippen molar-refractivity contribution >= 4 is 16.6 Å². The predicted molar refractivity (Wildman–Crippen MR) is 84.2 cm³/mol. The molecule has 1 aromatic carbocycles. The first-order chi connectivity index (χ1) is 9.65. The summed E-state index contributed by atoms with van der Waals surface area (Å²) in [6.45, 7) is 3.30. The van der Waals surface area contributed by atoms with Gasteiger partial charge in [-0.1, -0.05) is 31.5 Å². The van der Waals surface area contributed by atoms with Gasteiger partial charge in [0.2, 0.25) is 0 Å². The lowest BCUT2D eigenvalue weighted by molar-refractivity contribution is 0.537. The molecule has 1 aliphatic carbocycles. The van der Waals surface area contributed by atoms with Gasteiger partial charge in [0, 0.05) is 30.7 Å². The van der Waals surface area contributed by atoms with Crippen LogP contribution in [0.15, 0.2) is 35.1 Å². The van der Waals surface area contributed by atoms with Crippen LogP contribution < -0.4 is 10.9 Å². The Bertz CT molecular complexity index is 674. The molecule has 1 fully saturated rings. The van der Waals surface area contributed by atoms with Gasteiger partial charge in [0.1, 0.15) is 0 Å². The van der Waals surface area contributed by atoms with Gasteiger partial charge >= 0.3 is 0 Å². The summed E-state index contributed by atoms with van der Waals surface area (Å²) in [5, 5.41) is 4.63. The number of nitrogens with one attached hydrogen (secondary N) is 1. The highest BCUT2D eigenvalue weighted by Gasteiger charge is 2.21. The van der Waals surface area contributed by atoms with Crippen molar-refractivity contribution in [2.24, 2.45) is 18.9 Å². The molecule has 106 valence electrons. The van der Waals surface area contributed by atoms with E-state index in [0.29, 0.717) is 0 Å². The van der Waals surface area contributed by atoms with Crippen molar-refractivity contribution in [3.05, 3.63) is 40.7 Å². The summed E-state index contributed by atoms with van der Waals surface area (Å²) < 4.78 is 1.71. The number of aryl methyl sites for hydroxylation is 1. The molecule has 0 bridgehead atoms. The number of para-hydroxylation sites is 1. The Labute approximate surface area is 119 Å². The fourth-order valence-electron chi connectivity index (χ4n) is 3.32. The van der Waals surface area contributed by atoms with Crippen molar-refractivity contribution in [1.82, 2.24) is 4.57 Å². The topological polar surface area (TPSA) is 34.0 Å². The number of benzene rings is 1. The molecule has 0 aliphatic heterocycles. The molecule has 1 aliphatic rings. The fraction of sp³-hybridized carbons (Fsp3) is 0.471. The average Bonchev–Trinajstić information content (AvgIpc) is 2.87. The maximum Gasteiger partial charge on any atom is 0.252 e. The molecule has 2 unspecified atom stereocenters. The highest BCUT2D eigenvalue weighted by Crippen LogP contribution is 2.31. The van der Waals surface area contributed by atoms with Gasteiger partial charge in [-0.15, -0.1) is 0 Å². The number of pyridine rings is 1. The van der Waals surface area contributed by atoms with Gasteiger partial charge in [-0.25, -0.2) is 0 Å². The molecular weight excluding hydrogens is 248 g/mol. The number of nitrogens with zero attached hydrogens (tertiary/aromatic N) is 1. The summed E-state index contributed by atoms with van der Waals surface area (Å²) in [4.78, 5) is 12.0. The van der Waals surface area contributed by atoms with Crippen LogP contribution >= 0.6 is 0 Å². The first-order valence-corrected chi connectivity index (χ1v) is 7.48. The number of hydrogen-bond acceptors (Lipinski definition) is 2. The number of aromatic nitrogens is 1. The zero-order chi connectivity index (χ0) is 14.1. The van der Waals surface area contributed by atoms with Gasteiger partial charge in [0.15, 0.2) is 0 Å². The number of anilines is 1. The van der Waals surface area contributed by atoms with E-state index in [-0.39, 0.29) is 5.56 Å². The van der Waals surface area contributed by atoms with Crippen LogP contribution in [0.1, 0.15) is 26.2 Å². The summed E-state index contributed by atoms with van der Waals surface area (Å²) >= 11 is 0. The molecule has 3 rings (SSSR count). The molecule has 0 radical (unpaired) electrons. The van der Waals surface area contributed by atoms with E-state index in [1.807, 2.05) is 25.2 Å². The third kappa shape index (κ3) is 2.45. The summed E-state index contributed by atoms with van der Waals surface area (Å²) in [5.41, 5.74) is 2.01. The molecule has 2 atom stereocenters. The molecule has 1 aromatic heterocycles. The lowest BCUT2D eigenvalue weighted by Crippen LogP contribution is -2.19. The maximum atomic E-state index is 12.0. The first kappa shape index (κ1) is 13.2. The first-order valence-electron chi connectivity index (χ1n) is 7.48. The van der Waals surface area contributed by atoms with Crippen LogP contribution in [0.5, 0.6) is 0 Å². The van der Waals surface area contributed by atoms with Crippen LogP contribution in [0.4, 0.5) is 5.69 Å². The third-order valence-corrected chi connectivity index (χ3v) is 4.54. The molecule has 0 spiro atoms. The van der Waals surface area contributed by atoms with E-state index in [4.69, 9.17) is 0 Å². The van der Waals surface area contributed by atoms with Gasteiger partial charge in [0.25, 0.3) is 5.56 Å². The maximum absolute atomic E-state index is 12.0. The van der Waals surface area contributed by atoms with Crippen molar-refractivity contribution in [3.8, 4) is 0 Å². The van der Waals surface area contributed by atoms with Crippen molar-refractivity contribution in [2.45, 2.75) is 26.2 Å². The van der Waals surface area contributed by atoms with E-state index in [1.165, 1.54) is 19.3 Å². The molecule has 20 heavy (non-hydrogen) atoms. The summed E-state index contributed by atoms with van der Waals surface area (Å²) in [6.07, 6.45) is 3.94. The smallest absolute Gasteiger partial charge is 0.252 e. The SMILES string of the molecule is CC1CCC(CNc2cc(=O)n(C)c3ccccc23)C1. The van der Waals surface area contributed by atoms with Crippen LogP contribution in [0.3, 0.4) is 0 Å². The van der Waals surface area contributed by atoms with E-state index < -0.39 is 0 Å². The number of rotatable bonds is 3. The number of fused-ring (bicyclic) bond motifs is 1. The normalized spacial score (nSPS) is 22.3. The molecular formula is C17H22N2O. The van der Waals surface area contributed by atoms with Crippen molar-refractivity contribution in [3.63, 3.8) is 0 Å². The number of hydrogen-bond donors (Lipinski definition) is 1. The molecule has 3 heteroatoms. The molecule has 0 amide bonds. The van der Waals surface area contributed by atoms with Crippen LogP contribution in [-0.2, 0) is 7.05 Å². The second-order valence-corrected chi connectivity index (χ2v) is 6.14. The van der Waals surface area contributed by atoms with Crippen LogP contribution in [0.2, 0.25) is 0 Å². The van der Waals surface area contributed by atoms with Gasteiger partial charge in [-0.3, -0.25) is 4.79 Å². The van der Waals surface area contributed by atoms with Crippen LogP contribution in [-0.4, -0.2) is 11.1 Å². The Morgan fingerprint density at radius 1 is 1.30 bits per heavy atom. The van der Waals surface area contributed by atoms with E-state index in [2.05, 4.69) is 18.3 Å². The zero-order valence-corrected chi connectivity index (χ0v) is 12.2. The van der Waals surface area contributed by atoms with Gasteiger partial charge in [-0.2, -0.15) is 0 Å². The Kier molecular flexibility index (Phi) is 3.51. The largest absolute Gasteiger partial charge is 0.384 e. The zero-order valence-electron chi connectivity index (χ0n) is 12.2. The Hall–Kier alpha value is -1.77. The van der Waals surface area contributed by atoms with E-state index in [0.717, 1.165) is 35.0 Å². The third-order valence-electron chi connectivity index (χ3n) is 4.54. The second kappa shape index (κ2) is 5.31. The van der Waals surface area contributed by atoms with Crippen molar-refractivity contribution in [1.29, 1.82) is 0 Å². The highest BCUT2D eigenvalue weighted by molar-refractivity contribution is 5.91. The molecule has 1 heterocycles. The van der Waals surface area contributed by atoms with Gasteiger partial charge in [0.05, 0.1) is 5.52 Å². The second-order valence-electron chi connectivity index (χ2n) is 6.14. The fourth-order valence-corrected chi connectivity index (χ4v) is 3.32. The summed E-state index contributed by atoms with van der Waals surface area (Å²) in [5.74, 6) is 1.59. The average molecular weight is 270 g/mol. The quantitative estimate of drug-likeness (QED) is 0.927. The van der Waals surface area contributed by atoms with Gasteiger partial charge < -0.3 is 9.88 Å². The Morgan fingerprint density at radius 3 is 2.85 bits per heavy atom. The molecule has 1 N–H and O–H groups in total. The molecule has 1 saturated carbocycles. The van der Waals surface area contributed by atoms with E-state index in [9.17, 15) is 4.79 Å². The Morgan fingerprint density at radius 2 is 2.10 bits per heavy atom. The van der Waals surface area contributed by atoms with Gasteiger partial charge in [-0.05, 0) is 30.7 Å². The molecule has 2 aromatic rings. The Balaban J connectivity index is 1.88. The monoisotopic (exact) mass is 270 g/mol. The van der Waals surface area contributed by atoms with E-state index in [1.54, 1.807) is 10.6 Å². The standard InChI is InChI=1S/C17H22N2O/c1-12-7-8-13(9-12)11-18-15-10-17(20)19(2)16-6-4-3-5-14(15)16/h3-6,10,12-13,18H,7-9,11H2,1-2H3. The minimum Gasteiger partial charge on any atom is -0.384 e. The minimum atomic E-state index is 0.0472. The highest BCUT2D eigenvalue weighted by atomic mass is 16.1. The molecule has 3 nitrogen and oxygen atoms in total. The van der Waals surface area contributed by atoms with Crippen molar-refractivity contribution < 1.29 is 0 Å².